The van der Waals surface area contributed by atoms with E-state index in [9.17, 15) is 19.7 Å². The largest absolute Gasteiger partial charge is 0.342 e. The van der Waals surface area contributed by atoms with Crippen LogP contribution in [-0.2, 0) is 11.3 Å². The number of rotatable bonds is 10. The smallest absolute Gasteiger partial charge is 0.269 e. The summed E-state index contributed by atoms with van der Waals surface area (Å²) in [6.07, 6.45) is 1.67. The van der Waals surface area contributed by atoms with Crippen molar-refractivity contribution in [2.24, 2.45) is 0 Å². The molecule has 0 fully saturated rings. The van der Waals surface area contributed by atoms with Crippen molar-refractivity contribution in [2.45, 2.75) is 24.7 Å². The number of anilines is 1. The molecular weight excluding hydrogens is 480 g/mol. The second-order valence-corrected chi connectivity index (χ2v) is 8.46. The summed E-state index contributed by atoms with van der Waals surface area (Å²) in [6.45, 7) is 5.92. The number of carbonyl (C=O) groups is 2. The number of nitrogens with zero attached hydrogens (tertiary/aromatic N) is 4. The molecule has 0 saturated heterocycles. The van der Waals surface area contributed by atoms with Crippen LogP contribution in [0.15, 0.2) is 66.3 Å². The average Bonchev–Trinajstić information content (AvgIpc) is 3.21. The van der Waals surface area contributed by atoms with Crippen molar-refractivity contribution < 1.29 is 14.5 Å². The molecule has 3 rings (SSSR count). The normalized spacial score (nSPS) is 11.5. The van der Waals surface area contributed by atoms with E-state index < -0.39 is 11.0 Å². The van der Waals surface area contributed by atoms with Crippen LogP contribution >= 0.6 is 23.4 Å². The first-order chi connectivity index (χ1) is 16.3. The van der Waals surface area contributed by atoms with Gasteiger partial charge in [0.15, 0.2) is 11.0 Å². The van der Waals surface area contributed by atoms with E-state index in [0.717, 1.165) is 0 Å². The molecular formula is C22H21ClN6O4S. The van der Waals surface area contributed by atoms with Gasteiger partial charge in [-0.1, -0.05) is 29.4 Å². The maximum atomic E-state index is 12.5. The molecule has 12 heteroatoms. The van der Waals surface area contributed by atoms with Gasteiger partial charge in [-0.15, -0.1) is 16.8 Å². The Balaban J connectivity index is 1.63. The number of aromatic nitrogens is 3. The highest BCUT2D eigenvalue weighted by Crippen LogP contribution is 2.22. The lowest BCUT2D eigenvalue weighted by atomic mass is 10.2. The standard InChI is InChI=1S/C22H21ClN6O4S/c1-3-12-28-20(14(2)24-21(31)15-4-6-16(23)7-5-15)26-27-22(28)34-13-19(30)25-17-8-10-18(11-9-17)29(32)33/h3-11,14H,1,12-13H2,2H3,(H,24,31)(H,25,30)/t14-/m0/s1. The molecule has 0 aliphatic heterocycles. The van der Waals surface area contributed by atoms with Gasteiger partial charge in [-0.3, -0.25) is 19.7 Å². The predicted octanol–water partition coefficient (Wildman–Crippen LogP) is 4.25. The number of hydrogen-bond acceptors (Lipinski definition) is 7. The molecule has 3 aromatic rings. The second kappa shape index (κ2) is 11.4. The first-order valence-electron chi connectivity index (χ1n) is 10.1. The number of halogens is 1. The Hall–Kier alpha value is -3.70. The molecule has 1 heterocycles. The van der Waals surface area contributed by atoms with Crippen LogP contribution in [0, 0.1) is 10.1 Å². The molecule has 2 aromatic carbocycles. The molecule has 0 bridgehead atoms. The number of amides is 2. The molecule has 0 saturated carbocycles. The lowest BCUT2D eigenvalue weighted by molar-refractivity contribution is -0.384. The minimum atomic E-state index is -0.510. The molecule has 0 radical (unpaired) electrons. The quantitative estimate of drug-likeness (QED) is 0.184. The number of carbonyl (C=O) groups excluding carboxylic acids is 2. The van der Waals surface area contributed by atoms with E-state index in [2.05, 4.69) is 27.4 Å². The van der Waals surface area contributed by atoms with E-state index in [1.165, 1.54) is 36.0 Å². The summed E-state index contributed by atoms with van der Waals surface area (Å²) in [5.41, 5.74) is 0.848. The Morgan fingerprint density at radius 2 is 1.88 bits per heavy atom. The van der Waals surface area contributed by atoms with Crippen molar-refractivity contribution in [3.05, 3.63) is 87.7 Å². The summed E-state index contributed by atoms with van der Waals surface area (Å²) in [7, 11) is 0. The second-order valence-electron chi connectivity index (χ2n) is 7.08. The molecule has 176 valence electrons. The number of non-ortho nitro benzene ring substituents is 1. The van der Waals surface area contributed by atoms with Crippen molar-refractivity contribution in [1.82, 2.24) is 20.1 Å². The van der Waals surface area contributed by atoms with Crippen molar-refractivity contribution in [1.29, 1.82) is 0 Å². The van der Waals surface area contributed by atoms with Gasteiger partial charge >= 0.3 is 0 Å². The molecule has 1 aromatic heterocycles. The van der Waals surface area contributed by atoms with Gasteiger partial charge in [0, 0.05) is 35.0 Å². The first kappa shape index (κ1) is 24.9. The van der Waals surface area contributed by atoms with Gasteiger partial charge in [0.1, 0.15) is 0 Å². The Morgan fingerprint density at radius 3 is 2.50 bits per heavy atom. The number of allylic oxidation sites excluding steroid dienone is 1. The van der Waals surface area contributed by atoms with Crippen LogP contribution in [0.2, 0.25) is 5.02 Å². The third kappa shape index (κ3) is 6.42. The molecule has 1 atom stereocenters. The third-order valence-electron chi connectivity index (χ3n) is 4.59. The lowest BCUT2D eigenvalue weighted by Crippen LogP contribution is -2.28. The van der Waals surface area contributed by atoms with Gasteiger partial charge in [0.25, 0.3) is 11.6 Å². The summed E-state index contributed by atoms with van der Waals surface area (Å²) in [4.78, 5) is 35.1. The number of nitrogens with one attached hydrogen (secondary N) is 2. The van der Waals surface area contributed by atoms with Crippen LogP contribution < -0.4 is 10.6 Å². The number of nitro groups is 1. The third-order valence-corrected chi connectivity index (χ3v) is 5.81. The summed E-state index contributed by atoms with van der Waals surface area (Å²) >= 11 is 7.04. The van der Waals surface area contributed by atoms with Crippen LogP contribution in [0.3, 0.4) is 0 Å². The summed E-state index contributed by atoms with van der Waals surface area (Å²) < 4.78 is 1.77. The fraction of sp³-hybridized carbons (Fsp3) is 0.182. The van der Waals surface area contributed by atoms with E-state index in [4.69, 9.17) is 11.6 Å². The highest BCUT2D eigenvalue weighted by atomic mass is 35.5. The first-order valence-corrected chi connectivity index (χ1v) is 11.4. The topological polar surface area (TPSA) is 132 Å². The Kier molecular flexibility index (Phi) is 8.39. The summed E-state index contributed by atoms with van der Waals surface area (Å²) in [5, 5.41) is 25.7. The maximum absolute atomic E-state index is 12.5. The van der Waals surface area contributed by atoms with Gasteiger partial charge < -0.3 is 15.2 Å². The monoisotopic (exact) mass is 500 g/mol. The molecule has 10 nitrogen and oxygen atoms in total. The highest BCUT2D eigenvalue weighted by molar-refractivity contribution is 7.99. The van der Waals surface area contributed by atoms with Crippen LogP contribution in [0.1, 0.15) is 29.1 Å². The fourth-order valence-electron chi connectivity index (χ4n) is 2.97. The van der Waals surface area contributed by atoms with Crippen LogP contribution in [0.4, 0.5) is 11.4 Å². The van der Waals surface area contributed by atoms with Gasteiger partial charge in [-0.25, -0.2) is 0 Å². The van der Waals surface area contributed by atoms with Crippen molar-refractivity contribution in [3.8, 4) is 0 Å². The molecule has 0 aliphatic carbocycles. The maximum Gasteiger partial charge on any atom is 0.269 e. The van der Waals surface area contributed by atoms with E-state index in [-0.39, 0.29) is 23.3 Å². The molecule has 0 unspecified atom stereocenters. The van der Waals surface area contributed by atoms with Crippen LogP contribution in [0.5, 0.6) is 0 Å². The molecule has 0 spiro atoms. The number of hydrogen-bond donors (Lipinski definition) is 2. The zero-order valence-electron chi connectivity index (χ0n) is 18.1. The van der Waals surface area contributed by atoms with E-state index >= 15 is 0 Å². The van der Waals surface area contributed by atoms with Gasteiger partial charge in [0.05, 0.1) is 16.7 Å². The van der Waals surface area contributed by atoms with Gasteiger partial charge in [-0.05, 0) is 43.3 Å². The summed E-state index contributed by atoms with van der Waals surface area (Å²) in [6, 6.07) is 11.6. The molecule has 0 aliphatic rings. The molecule has 34 heavy (non-hydrogen) atoms. The Morgan fingerprint density at radius 1 is 1.21 bits per heavy atom. The van der Waals surface area contributed by atoms with Crippen molar-refractivity contribution in [3.63, 3.8) is 0 Å². The number of thioether (sulfide) groups is 1. The molecule has 2 N–H and O–H groups in total. The van der Waals surface area contributed by atoms with Crippen molar-refractivity contribution >= 4 is 46.6 Å². The number of benzene rings is 2. The van der Waals surface area contributed by atoms with Crippen LogP contribution in [0.25, 0.3) is 0 Å². The number of nitro benzene ring substituents is 1. The van der Waals surface area contributed by atoms with Crippen LogP contribution in [-0.4, -0.2) is 37.3 Å². The summed E-state index contributed by atoms with van der Waals surface area (Å²) in [5.74, 6) is -0.0373. The van der Waals surface area contributed by atoms with E-state index in [1.54, 1.807) is 41.8 Å². The Bertz CT molecular complexity index is 1200. The average molecular weight is 501 g/mol. The Labute approximate surface area is 204 Å². The van der Waals surface area contributed by atoms with Gasteiger partial charge in [0.2, 0.25) is 5.91 Å². The highest BCUT2D eigenvalue weighted by Gasteiger charge is 2.20. The lowest BCUT2D eigenvalue weighted by Gasteiger charge is -2.15. The van der Waals surface area contributed by atoms with E-state index in [0.29, 0.717) is 33.8 Å². The fourth-order valence-corrected chi connectivity index (χ4v) is 3.85. The minimum absolute atomic E-state index is 0.0395. The zero-order chi connectivity index (χ0) is 24.7. The molecule has 2 amide bonds. The van der Waals surface area contributed by atoms with Gasteiger partial charge in [-0.2, -0.15) is 0 Å². The SMILES string of the molecule is C=CCn1c(SCC(=O)Nc2ccc([N+](=O)[O-])cc2)nnc1[C@H](C)NC(=O)c1ccc(Cl)cc1. The van der Waals surface area contributed by atoms with Crippen molar-refractivity contribution in [2.75, 3.05) is 11.1 Å². The predicted molar refractivity (Wildman–Crippen MR) is 130 cm³/mol. The minimum Gasteiger partial charge on any atom is -0.342 e. The van der Waals surface area contributed by atoms with E-state index in [1.807, 2.05) is 0 Å². The zero-order valence-corrected chi connectivity index (χ0v) is 19.7.